The number of carbonyl (C=O) groups is 3. The van der Waals surface area contributed by atoms with Crippen molar-refractivity contribution in [1.29, 1.82) is 0 Å². The quantitative estimate of drug-likeness (QED) is 0.558. The number of hydrogen-bond acceptors (Lipinski definition) is 3. The molecule has 0 aromatic heterocycles. The SMILES string of the molecule is CCN1C(=O)N[C@@H](c2ccc(C)cc2C)C2=C1CN([C@H](CC(C)C)C(=O)NCc1ccc(F)cc1)C2=O. The second-order valence-corrected chi connectivity index (χ2v) is 10.3. The number of hydrogen-bond donors (Lipinski definition) is 2. The molecule has 0 unspecified atom stereocenters. The van der Waals surface area contributed by atoms with Crippen molar-refractivity contribution in [2.45, 2.75) is 59.7 Å². The van der Waals surface area contributed by atoms with Crippen LogP contribution < -0.4 is 10.6 Å². The fourth-order valence-electron chi connectivity index (χ4n) is 5.21. The molecule has 2 N–H and O–H groups in total. The first-order chi connectivity index (χ1) is 17.6. The zero-order valence-corrected chi connectivity index (χ0v) is 22.1. The van der Waals surface area contributed by atoms with Crippen LogP contribution in [0.1, 0.15) is 55.5 Å². The normalized spacial score (nSPS) is 18.3. The summed E-state index contributed by atoms with van der Waals surface area (Å²) in [6.07, 6.45) is 0.475. The zero-order chi connectivity index (χ0) is 26.9. The molecule has 37 heavy (non-hydrogen) atoms. The molecule has 4 rings (SSSR count). The molecule has 0 radical (unpaired) electrons. The summed E-state index contributed by atoms with van der Waals surface area (Å²) in [5.41, 5.74) is 4.91. The standard InChI is InChI=1S/C29H35FN4O3/c1-6-33-24-16-34(23(13-17(2)3)27(35)31-15-20-8-10-21(30)11-9-20)28(36)25(24)26(32-29(33)37)22-12-7-18(4)14-19(22)5/h7-12,14,17,23,26H,6,13,15-16H2,1-5H3,(H,31,35)(H,32,37)/t23-,26+/m1/s1. The van der Waals surface area contributed by atoms with E-state index in [-0.39, 0.29) is 42.7 Å². The molecule has 2 aromatic rings. The number of likely N-dealkylation sites (N-methyl/N-ethyl adjacent to an activating group) is 1. The highest BCUT2D eigenvalue weighted by Gasteiger charge is 2.47. The van der Waals surface area contributed by atoms with Gasteiger partial charge in [0.1, 0.15) is 11.9 Å². The average Bonchev–Trinajstić information content (AvgIpc) is 3.18. The van der Waals surface area contributed by atoms with Gasteiger partial charge in [-0.1, -0.05) is 49.7 Å². The van der Waals surface area contributed by atoms with Gasteiger partial charge in [0.2, 0.25) is 5.91 Å². The number of benzene rings is 2. The highest BCUT2D eigenvalue weighted by Crippen LogP contribution is 2.38. The van der Waals surface area contributed by atoms with E-state index >= 15 is 0 Å². The number of nitrogens with zero attached hydrogens (tertiary/aromatic N) is 2. The summed E-state index contributed by atoms with van der Waals surface area (Å²) in [6, 6.07) is 10.4. The second-order valence-electron chi connectivity index (χ2n) is 10.3. The van der Waals surface area contributed by atoms with Gasteiger partial charge >= 0.3 is 6.03 Å². The first-order valence-electron chi connectivity index (χ1n) is 12.8. The number of amides is 4. The molecule has 0 saturated heterocycles. The molecule has 0 saturated carbocycles. The van der Waals surface area contributed by atoms with Crippen LogP contribution in [0.2, 0.25) is 0 Å². The zero-order valence-electron chi connectivity index (χ0n) is 22.1. The van der Waals surface area contributed by atoms with E-state index in [4.69, 9.17) is 0 Å². The van der Waals surface area contributed by atoms with Gasteiger partial charge in [0.15, 0.2) is 0 Å². The lowest BCUT2D eigenvalue weighted by Gasteiger charge is -2.33. The molecule has 2 aliphatic rings. The van der Waals surface area contributed by atoms with Gasteiger partial charge in [-0.15, -0.1) is 0 Å². The number of aryl methyl sites for hydroxylation is 2. The Labute approximate surface area is 217 Å². The molecule has 0 bridgehead atoms. The third kappa shape index (κ3) is 5.38. The topological polar surface area (TPSA) is 81.8 Å². The Morgan fingerprint density at radius 3 is 2.46 bits per heavy atom. The van der Waals surface area contributed by atoms with Crippen LogP contribution in [0.4, 0.5) is 9.18 Å². The van der Waals surface area contributed by atoms with Gasteiger partial charge in [-0.2, -0.15) is 0 Å². The van der Waals surface area contributed by atoms with Crippen LogP contribution in [0, 0.1) is 25.6 Å². The highest BCUT2D eigenvalue weighted by molar-refractivity contribution is 6.03. The van der Waals surface area contributed by atoms with Gasteiger partial charge < -0.3 is 15.5 Å². The summed E-state index contributed by atoms with van der Waals surface area (Å²) in [4.78, 5) is 43.6. The highest BCUT2D eigenvalue weighted by atomic mass is 19.1. The molecule has 2 atom stereocenters. The van der Waals surface area contributed by atoms with E-state index in [0.717, 1.165) is 22.3 Å². The Morgan fingerprint density at radius 2 is 1.84 bits per heavy atom. The van der Waals surface area contributed by atoms with Gasteiger partial charge in [-0.25, -0.2) is 9.18 Å². The molecule has 2 aromatic carbocycles. The van der Waals surface area contributed by atoms with E-state index in [0.29, 0.717) is 24.2 Å². The van der Waals surface area contributed by atoms with Crippen molar-refractivity contribution in [2.75, 3.05) is 13.1 Å². The minimum Gasteiger partial charge on any atom is -0.350 e. The van der Waals surface area contributed by atoms with Gasteiger partial charge in [-0.05, 0) is 61.9 Å². The lowest BCUT2D eigenvalue weighted by atomic mass is 9.91. The van der Waals surface area contributed by atoms with E-state index < -0.39 is 12.1 Å². The molecule has 8 heteroatoms. The van der Waals surface area contributed by atoms with Crippen molar-refractivity contribution < 1.29 is 18.8 Å². The second kappa shape index (κ2) is 10.7. The summed E-state index contributed by atoms with van der Waals surface area (Å²) in [7, 11) is 0. The van der Waals surface area contributed by atoms with E-state index in [1.807, 2.05) is 52.8 Å². The molecule has 0 fully saturated rings. The number of rotatable bonds is 8. The molecule has 0 aliphatic carbocycles. The van der Waals surface area contributed by atoms with Crippen molar-refractivity contribution in [1.82, 2.24) is 20.4 Å². The molecule has 2 heterocycles. The maximum Gasteiger partial charge on any atom is 0.322 e. The predicted octanol–water partition coefficient (Wildman–Crippen LogP) is 4.36. The van der Waals surface area contributed by atoms with E-state index in [1.54, 1.807) is 21.9 Å². The molecule has 7 nitrogen and oxygen atoms in total. The number of urea groups is 1. The number of nitrogens with one attached hydrogen (secondary N) is 2. The fourth-order valence-corrected chi connectivity index (χ4v) is 5.21. The van der Waals surface area contributed by atoms with Crippen LogP contribution >= 0.6 is 0 Å². The van der Waals surface area contributed by atoms with Gasteiger partial charge in [0.05, 0.1) is 23.9 Å². The lowest BCUT2D eigenvalue weighted by Crippen LogP contribution is -2.49. The van der Waals surface area contributed by atoms with E-state index in [9.17, 15) is 18.8 Å². The van der Waals surface area contributed by atoms with Crippen LogP contribution in [0.3, 0.4) is 0 Å². The molecular formula is C29H35FN4O3. The smallest absolute Gasteiger partial charge is 0.322 e. The summed E-state index contributed by atoms with van der Waals surface area (Å²) < 4.78 is 13.3. The summed E-state index contributed by atoms with van der Waals surface area (Å²) >= 11 is 0. The van der Waals surface area contributed by atoms with Crippen LogP contribution in [0.25, 0.3) is 0 Å². The minimum atomic E-state index is -0.702. The Kier molecular flexibility index (Phi) is 7.66. The third-order valence-corrected chi connectivity index (χ3v) is 7.06. The van der Waals surface area contributed by atoms with Gasteiger partial charge in [0.25, 0.3) is 5.91 Å². The third-order valence-electron chi connectivity index (χ3n) is 7.06. The van der Waals surface area contributed by atoms with Crippen molar-refractivity contribution in [3.8, 4) is 0 Å². The maximum atomic E-state index is 14.0. The van der Waals surface area contributed by atoms with Crippen LogP contribution in [-0.2, 0) is 16.1 Å². The van der Waals surface area contributed by atoms with Crippen molar-refractivity contribution >= 4 is 17.8 Å². The van der Waals surface area contributed by atoms with Crippen molar-refractivity contribution in [2.24, 2.45) is 5.92 Å². The number of carbonyl (C=O) groups excluding carboxylic acids is 3. The van der Waals surface area contributed by atoms with Crippen molar-refractivity contribution in [3.05, 3.63) is 81.8 Å². The lowest BCUT2D eigenvalue weighted by molar-refractivity contribution is -0.137. The monoisotopic (exact) mass is 506 g/mol. The summed E-state index contributed by atoms with van der Waals surface area (Å²) in [5.74, 6) is -0.684. The van der Waals surface area contributed by atoms with Crippen LogP contribution in [0.5, 0.6) is 0 Å². The minimum absolute atomic E-state index is 0.157. The largest absolute Gasteiger partial charge is 0.350 e. The van der Waals surface area contributed by atoms with E-state index in [1.165, 1.54) is 12.1 Å². The summed E-state index contributed by atoms with van der Waals surface area (Å²) in [6.45, 7) is 10.7. The first kappa shape index (κ1) is 26.4. The molecule has 4 amide bonds. The Morgan fingerprint density at radius 1 is 1.14 bits per heavy atom. The Hall–Kier alpha value is -3.68. The molecule has 0 spiro atoms. The molecule has 196 valence electrons. The first-order valence-corrected chi connectivity index (χ1v) is 12.8. The van der Waals surface area contributed by atoms with Crippen LogP contribution in [-0.4, -0.2) is 46.8 Å². The Bertz CT molecular complexity index is 1240. The van der Waals surface area contributed by atoms with Gasteiger partial charge in [-0.3, -0.25) is 14.5 Å². The van der Waals surface area contributed by atoms with Crippen LogP contribution in [0.15, 0.2) is 53.7 Å². The predicted molar refractivity (Wildman–Crippen MR) is 140 cm³/mol. The number of halogens is 1. The maximum absolute atomic E-state index is 14.0. The van der Waals surface area contributed by atoms with Gasteiger partial charge in [0, 0.05) is 13.1 Å². The van der Waals surface area contributed by atoms with Crippen molar-refractivity contribution in [3.63, 3.8) is 0 Å². The Balaban J connectivity index is 1.64. The van der Waals surface area contributed by atoms with E-state index in [2.05, 4.69) is 10.6 Å². The average molecular weight is 507 g/mol. The summed E-state index contributed by atoms with van der Waals surface area (Å²) in [5, 5.41) is 5.95. The molecular weight excluding hydrogens is 471 g/mol. The molecule has 2 aliphatic heterocycles. The fraction of sp³-hybridized carbons (Fsp3) is 0.414.